The van der Waals surface area contributed by atoms with Gasteiger partial charge < -0.3 is 10.6 Å². The van der Waals surface area contributed by atoms with Gasteiger partial charge in [0.05, 0.1) is 0 Å². The lowest BCUT2D eigenvalue weighted by atomic mass is 10.2. The molecule has 3 nitrogen and oxygen atoms in total. The highest BCUT2D eigenvalue weighted by molar-refractivity contribution is 5.63. The van der Waals surface area contributed by atoms with Crippen LogP contribution in [0.25, 0.3) is 0 Å². The summed E-state index contributed by atoms with van der Waals surface area (Å²) in [4.78, 5) is 6.50. The molecule has 0 aliphatic rings. The van der Waals surface area contributed by atoms with Crippen molar-refractivity contribution in [1.29, 1.82) is 0 Å². The topological polar surface area (TPSA) is 42.1 Å². The van der Waals surface area contributed by atoms with Gasteiger partial charge in [-0.1, -0.05) is 12.1 Å². The van der Waals surface area contributed by atoms with E-state index in [4.69, 9.17) is 5.73 Å². The minimum atomic E-state index is 0.737. The fourth-order valence-electron chi connectivity index (χ4n) is 1.85. The molecule has 0 saturated heterocycles. The number of aromatic nitrogens is 1. The maximum atomic E-state index is 5.79. The van der Waals surface area contributed by atoms with Gasteiger partial charge in [0.15, 0.2) is 0 Å². The van der Waals surface area contributed by atoms with Gasteiger partial charge in [0.2, 0.25) is 0 Å². The Morgan fingerprint density at radius 1 is 1.24 bits per heavy atom. The molecule has 0 bridgehead atoms. The summed E-state index contributed by atoms with van der Waals surface area (Å²) in [5, 5.41) is 0. The van der Waals surface area contributed by atoms with Crippen LogP contribution in [0.15, 0.2) is 42.6 Å². The molecule has 3 heteroatoms. The zero-order valence-corrected chi connectivity index (χ0v) is 10.2. The number of rotatable bonds is 3. The van der Waals surface area contributed by atoms with Crippen LogP contribution in [0, 0.1) is 6.92 Å². The van der Waals surface area contributed by atoms with Crippen LogP contribution < -0.4 is 10.6 Å². The average molecular weight is 227 g/mol. The second kappa shape index (κ2) is 4.87. The van der Waals surface area contributed by atoms with Gasteiger partial charge in [-0.3, -0.25) is 0 Å². The summed E-state index contributed by atoms with van der Waals surface area (Å²) in [5.41, 5.74) is 8.91. The van der Waals surface area contributed by atoms with Crippen LogP contribution in [0.2, 0.25) is 0 Å². The number of anilines is 3. The van der Waals surface area contributed by atoms with Crippen molar-refractivity contribution in [2.45, 2.75) is 13.8 Å². The molecule has 2 aromatic rings. The van der Waals surface area contributed by atoms with Gasteiger partial charge in [0, 0.05) is 30.2 Å². The van der Waals surface area contributed by atoms with E-state index in [0.717, 1.165) is 23.7 Å². The Labute approximate surface area is 102 Å². The lowest BCUT2D eigenvalue weighted by Crippen LogP contribution is -2.17. The van der Waals surface area contributed by atoms with Gasteiger partial charge in [-0.15, -0.1) is 0 Å². The van der Waals surface area contributed by atoms with Gasteiger partial charge in [0.1, 0.15) is 5.82 Å². The maximum Gasteiger partial charge on any atom is 0.134 e. The van der Waals surface area contributed by atoms with Crippen molar-refractivity contribution in [3.05, 3.63) is 48.2 Å². The Bertz CT molecular complexity index is 463. The zero-order valence-electron chi connectivity index (χ0n) is 10.2. The Hall–Kier alpha value is -2.03. The fourth-order valence-corrected chi connectivity index (χ4v) is 1.85. The molecule has 0 spiro atoms. The molecule has 0 fully saturated rings. The Kier molecular flexibility index (Phi) is 3.28. The third kappa shape index (κ3) is 2.56. The minimum absolute atomic E-state index is 0.737. The Morgan fingerprint density at radius 2 is 2.06 bits per heavy atom. The van der Waals surface area contributed by atoms with E-state index in [1.807, 2.05) is 6.07 Å². The van der Waals surface area contributed by atoms with E-state index in [9.17, 15) is 0 Å². The lowest BCUT2D eigenvalue weighted by Gasteiger charge is -2.22. The second-order valence-electron chi connectivity index (χ2n) is 4.03. The first kappa shape index (κ1) is 11.5. The van der Waals surface area contributed by atoms with Crippen LogP contribution in [-0.4, -0.2) is 11.5 Å². The van der Waals surface area contributed by atoms with Crippen LogP contribution in [0.5, 0.6) is 0 Å². The standard InChI is InChI=1S/C14H17N3/c1-3-17(13-6-4-5-11(2)9-13)14-10-12(15)7-8-16-14/h4-10H,3H2,1-2H3,(H2,15,16). The lowest BCUT2D eigenvalue weighted by molar-refractivity contribution is 0.989. The first-order valence-corrected chi connectivity index (χ1v) is 5.76. The monoisotopic (exact) mass is 227 g/mol. The SMILES string of the molecule is CCN(c1cccc(C)c1)c1cc(N)ccn1. The predicted octanol–water partition coefficient (Wildman–Crippen LogP) is 3.13. The molecule has 0 aliphatic heterocycles. The third-order valence-corrected chi connectivity index (χ3v) is 2.68. The molecule has 0 saturated carbocycles. The normalized spacial score (nSPS) is 10.2. The zero-order chi connectivity index (χ0) is 12.3. The van der Waals surface area contributed by atoms with Crippen molar-refractivity contribution in [3.8, 4) is 0 Å². The van der Waals surface area contributed by atoms with E-state index in [1.165, 1.54) is 5.56 Å². The summed E-state index contributed by atoms with van der Waals surface area (Å²) < 4.78 is 0. The second-order valence-corrected chi connectivity index (χ2v) is 4.03. The van der Waals surface area contributed by atoms with Crippen molar-refractivity contribution in [2.75, 3.05) is 17.2 Å². The van der Waals surface area contributed by atoms with E-state index in [-0.39, 0.29) is 0 Å². The van der Waals surface area contributed by atoms with Crippen LogP contribution in [0.1, 0.15) is 12.5 Å². The van der Waals surface area contributed by atoms with Gasteiger partial charge >= 0.3 is 0 Å². The smallest absolute Gasteiger partial charge is 0.134 e. The quantitative estimate of drug-likeness (QED) is 0.876. The van der Waals surface area contributed by atoms with Crippen molar-refractivity contribution < 1.29 is 0 Å². The summed E-state index contributed by atoms with van der Waals surface area (Å²) in [6.45, 7) is 5.05. The van der Waals surface area contributed by atoms with E-state index in [2.05, 4.69) is 48.0 Å². The maximum absolute atomic E-state index is 5.79. The molecule has 1 aromatic heterocycles. The largest absolute Gasteiger partial charge is 0.399 e. The summed E-state index contributed by atoms with van der Waals surface area (Å²) in [6.07, 6.45) is 1.74. The van der Waals surface area contributed by atoms with Crippen molar-refractivity contribution in [2.24, 2.45) is 0 Å². The van der Waals surface area contributed by atoms with E-state index in [0.29, 0.717) is 0 Å². The number of benzene rings is 1. The molecule has 0 amide bonds. The number of pyridine rings is 1. The van der Waals surface area contributed by atoms with E-state index >= 15 is 0 Å². The molecule has 0 atom stereocenters. The van der Waals surface area contributed by atoms with Crippen LogP contribution in [-0.2, 0) is 0 Å². The molecule has 1 heterocycles. The highest BCUT2D eigenvalue weighted by Gasteiger charge is 2.08. The minimum Gasteiger partial charge on any atom is -0.399 e. The van der Waals surface area contributed by atoms with Gasteiger partial charge in [0.25, 0.3) is 0 Å². The van der Waals surface area contributed by atoms with E-state index in [1.54, 1.807) is 12.3 Å². The molecule has 2 rings (SSSR count). The van der Waals surface area contributed by atoms with Crippen molar-refractivity contribution in [3.63, 3.8) is 0 Å². The predicted molar refractivity (Wildman–Crippen MR) is 72.5 cm³/mol. The molecule has 17 heavy (non-hydrogen) atoms. The summed E-state index contributed by atoms with van der Waals surface area (Å²) in [6, 6.07) is 12.1. The average Bonchev–Trinajstić information content (AvgIpc) is 2.30. The molecule has 0 unspecified atom stereocenters. The molecule has 0 aliphatic carbocycles. The van der Waals surface area contributed by atoms with Crippen molar-refractivity contribution >= 4 is 17.2 Å². The van der Waals surface area contributed by atoms with E-state index < -0.39 is 0 Å². The molecular formula is C14H17N3. The number of hydrogen-bond donors (Lipinski definition) is 1. The van der Waals surface area contributed by atoms with Crippen LogP contribution in [0.3, 0.4) is 0 Å². The van der Waals surface area contributed by atoms with Gasteiger partial charge in [-0.25, -0.2) is 4.98 Å². The first-order valence-electron chi connectivity index (χ1n) is 5.76. The first-order chi connectivity index (χ1) is 8.20. The summed E-state index contributed by atoms with van der Waals surface area (Å²) in [7, 11) is 0. The number of nitrogens with two attached hydrogens (primary N) is 1. The highest BCUT2D eigenvalue weighted by Crippen LogP contribution is 2.24. The molecule has 1 aromatic carbocycles. The Morgan fingerprint density at radius 3 is 2.71 bits per heavy atom. The van der Waals surface area contributed by atoms with Gasteiger partial charge in [-0.05, 0) is 37.6 Å². The van der Waals surface area contributed by atoms with Gasteiger partial charge in [-0.2, -0.15) is 0 Å². The number of hydrogen-bond acceptors (Lipinski definition) is 3. The number of nitrogens with zero attached hydrogens (tertiary/aromatic N) is 2. The van der Waals surface area contributed by atoms with Crippen molar-refractivity contribution in [1.82, 2.24) is 4.98 Å². The molecule has 88 valence electrons. The fraction of sp³-hybridized carbons (Fsp3) is 0.214. The third-order valence-electron chi connectivity index (χ3n) is 2.68. The molecular weight excluding hydrogens is 210 g/mol. The summed E-state index contributed by atoms with van der Waals surface area (Å²) >= 11 is 0. The molecule has 0 radical (unpaired) electrons. The van der Waals surface area contributed by atoms with Crippen LogP contribution in [0.4, 0.5) is 17.2 Å². The Balaban J connectivity index is 2.40. The number of aryl methyl sites for hydroxylation is 1. The number of nitrogen functional groups attached to an aromatic ring is 1. The molecule has 2 N–H and O–H groups in total. The summed E-state index contributed by atoms with van der Waals surface area (Å²) in [5.74, 6) is 0.887. The highest BCUT2D eigenvalue weighted by atomic mass is 15.2. The van der Waals surface area contributed by atoms with Crippen LogP contribution >= 0.6 is 0 Å².